The van der Waals surface area contributed by atoms with Crippen molar-refractivity contribution in [3.8, 4) is 0 Å². The van der Waals surface area contributed by atoms with Crippen LogP contribution in [0.15, 0.2) is 0 Å². The highest BCUT2D eigenvalue weighted by Crippen LogP contribution is 2.13. The molecule has 0 aromatic carbocycles. The highest BCUT2D eigenvalue weighted by molar-refractivity contribution is 5.94. The number of esters is 2. The van der Waals surface area contributed by atoms with Gasteiger partial charge in [-0.05, 0) is 27.2 Å². The van der Waals surface area contributed by atoms with Crippen LogP contribution in [0, 0.1) is 5.92 Å². The predicted molar refractivity (Wildman–Crippen MR) is 57.8 cm³/mol. The molecule has 0 rings (SSSR count). The van der Waals surface area contributed by atoms with Crippen molar-refractivity contribution in [2.45, 2.75) is 33.3 Å². The molecule has 0 N–H and O–H groups in total. The van der Waals surface area contributed by atoms with Gasteiger partial charge in [0.15, 0.2) is 5.92 Å². The molecule has 0 saturated heterocycles. The second-order valence-corrected chi connectivity index (χ2v) is 3.34. The van der Waals surface area contributed by atoms with E-state index in [9.17, 15) is 9.59 Å². The third-order valence-corrected chi connectivity index (χ3v) is 2.11. The Morgan fingerprint density at radius 2 is 1.50 bits per heavy atom. The summed E-state index contributed by atoms with van der Waals surface area (Å²) in [6, 6.07) is 0. The van der Waals surface area contributed by atoms with E-state index in [2.05, 4.69) is 0 Å². The first-order valence-electron chi connectivity index (χ1n) is 5.42. The normalized spacial score (nSPS) is 12.3. The van der Waals surface area contributed by atoms with Crippen molar-refractivity contribution in [3.63, 3.8) is 0 Å². The number of carbonyl (C=O) groups is 2. The predicted octanol–water partition coefficient (Wildman–Crippen LogP) is 1.15. The fourth-order valence-electron chi connectivity index (χ4n) is 1.20. The summed E-state index contributed by atoms with van der Waals surface area (Å²) in [6.07, 6.45) is 0.0764. The van der Waals surface area contributed by atoms with Gasteiger partial charge in [0, 0.05) is 7.11 Å². The van der Waals surface area contributed by atoms with Gasteiger partial charge in [0.2, 0.25) is 0 Å². The number of ether oxygens (including phenoxy) is 3. The molecule has 94 valence electrons. The Morgan fingerprint density at radius 1 is 1.06 bits per heavy atom. The number of hydrogen-bond acceptors (Lipinski definition) is 5. The van der Waals surface area contributed by atoms with Crippen molar-refractivity contribution < 1.29 is 23.8 Å². The minimum absolute atomic E-state index is 0.196. The summed E-state index contributed by atoms with van der Waals surface area (Å²) in [5.41, 5.74) is 0. The lowest BCUT2D eigenvalue weighted by Crippen LogP contribution is -2.31. The molecular weight excluding hydrogens is 212 g/mol. The number of methoxy groups -OCH3 is 1. The van der Waals surface area contributed by atoms with Crippen LogP contribution in [-0.4, -0.2) is 38.4 Å². The molecule has 0 spiro atoms. The van der Waals surface area contributed by atoms with E-state index in [0.717, 1.165) is 0 Å². The minimum Gasteiger partial charge on any atom is -0.465 e. The first kappa shape index (κ1) is 14.9. The number of rotatable bonds is 7. The SMILES string of the molecule is CCOC(=O)C(CC(C)OC)C(=O)OCC. The lowest BCUT2D eigenvalue weighted by atomic mass is 10.0. The summed E-state index contributed by atoms with van der Waals surface area (Å²) in [5.74, 6) is -2.00. The molecule has 0 saturated carbocycles. The van der Waals surface area contributed by atoms with Crippen molar-refractivity contribution in [1.29, 1.82) is 0 Å². The van der Waals surface area contributed by atoms with Gasteiger partial charge in [-0.3, -0.25) is 9.59 Å². The van der Waals surface area contributed by atoms with Crippen LogP contribution in [0.2, 0.25) is 0 Å². The Hall–Kier alpha value is -1.10. The number of hydrogen-bond donors (Lipinski definition) is 0. The highest BCUT2D eigenvalue weighted by atomic mass is 16.6. The van der Waals surface area contributed by atoms with Crippen molar-refractivity contribution in [1.82, 2.24) is 0 Å². The summed E-state index contributed by atoms with van der Waals surface area (Å²) in [5, 5.41) is 0. The van der Waals surface area contributed by atoms with E-state index in [1.165, 1.54) is 7.11 Å². The van der Waals surface area contributed by atoms with E-state index >= 15 is 0 Å². The maximum Gasteiger partial charge on any atom is 0.320 e. The first-order chi connectivity index (χ1) is 7.56. The standard InChI is InChI=1S/C11H20O5/c1-5-15-10(12)9(7-8(3)14-4)11(13)16-6-2/h8-9H,5-7H2,1-4H3. The maximum atomic E-state index is 11.5. The van der Waals surface area contributed by atoms with Gasteiger partial charge in [-0.1, -0.05) is 0 Å². The van der Waals surface area contributed by atoms with Crippen LogP contribution >= 0.6 is 0 Å². The van der Waals surface area contributed by atoms with E-state index in [0.29, 0.717) is 0 Å². The second kappa shape index (κ2) is 8.10. The van der Waals surface area contributed by atoms with Crippen molar-refractivity contribution >= 4 is 11.9 Å². The molecule has 0 aliphatic carbocycles. The Kier molecular flexibility index (Phi) is 7.54. The summed E-state index contributed by atoms with van der Waals surface area (Å²) in [4.78, 5) is 23.1. The van der Waals surface area contributed by atoms with Crippen LogP contribution < -0.4 is 0 Å². The molecule has 0 aromatic heterocycles. The fraction of sp³-hybridized carbons (Fsp3) is 0.818. The lowest BCUT2D eigenvalue weighted by molar-refractivity contribution is -0.163. The van der Waals surface area contributed by atoms with Gasteiger partial charge in [-0.25, -0.2) is 0 Å². The van der Waals surface area contributed by atoms with Crippen LogP contribution in [-0.2, 0) is 23.8 Å². The Labute approximate surface area is 96.1 Å². The molecule has 0 aliphatic rings. The third-order valence-electron chi connectivity index (χ3n) is 2.11. The van der Waals surface area contributed by atoms with Crippen LogP contribution in [0.1, 0.15) is 27.2 Å². The summed E-state index contributed by atoms with van der Waals surface area (Å²) in [6.45, 7) is 5.66. The average Bonchev–Trinajstić information content (AvgIpc) is 2.25. The van der Waals surface area contributed by atoms with Gasteiger partial charge >= 0.3 is 11.9 Å². The van der Waals surface area contributed by atoms with Gasteiger partial charge in [0.05, 0.1) is 19.3 Å². The maximum absolute atomic E-state index is 11.5. The van der Waals surface area contributed by atoms with E-state index < -0.39 is 17.9 Å². The molecule has 5 heteroatoms. The lowest BCUT2D eigenvalue weighted by Gasteiger charge is -2.17. The molecule has 1 atom stereocenters. The van der Waals surface area contributed by atoms with E-state index in [1.54, 1.807) is 20.8 Å². The summed E-state index contributed by atoms with van der Waals surface area (Å²) < 4.78 is 14.7. The smallest absolute Gasteiger partial charge is 0.320 e. The van der Waals surface area contributed by atoms with E-state index in [4.69, 9.17) is 14.2 Å². The fourth-order valence-corrected chi connectivity index (χ4v) is 1.20. The Morgan fingerprint density at radius 3 is 1.81 bits per heavy atom. The van der Waals surface area contributed by atoms with Gasteiger partial charge in [0.1, 0.15) is 0 Å². The first-order valence-corrected chi connectivity index (χ1v) is 5.42. The largest absolute Gasteiger partial charge is 0.465 e. The quantitative estimate of drug-likeness (QED) is 0.487. The second-order valence-electron chi connectivity index (χ2n) is 3.34. The molecule has 5 nitrogen and oxygen atoms in total. The molecule has 0 aromatic rings. The summed E-state index contributed by atoms with van der Waals surface area (Å²) >= 11 is 0. The molecule has 0 radical (unpaired) electrons. The third kappa shape index (κ3) is 5.11. The zero-order chi connectivity index (χ0) is 12.6. The molecule has 0 fully saturated rings. The summed E-state index contributed by atoms with van der Waals surface area (Å²) in [7, 11) is 1.53. The Balaban J connectivity index is 4.49. The Bertz CT molecular complexity index is 208. The van der Waals surface area contributed by atoms with Crippen LogP contribution in [0.3, 0.4) is 0 Å². The van der Waals surface area contributed by atoms with E-state index in [1.807, 2.05) is 0 Å². The molecular formula is C11H20O5. The molecule has 0 heterocycles. The minimum atomic E-state index is -0.894. The molecule has 16 heavy (non-hydrogen) atoms. The van der Waals surface area contributed by atoms with Crippen LogP contribution in [0.25, 0.3) is 0 Å². The van der Waals surface area contributed by atoms with Crippen LogP contribution in [0.4, 0.5) is 0 Å². The van der Waals surface area contributed by atoms with Crippen LogP contribution in [0.5, 0.6) is 0 Å². The molecule has 0 amide bonds. The topological polar surface area (TPSA) is 61.8 Å². The molecule has 0 bridgehead atoms. The van der Waals surface area contributed by atoms with Crippen molar-refractivity contribution in [2.75, 3.05) is 20.3 Å². The number of carbonyl (C=O) groups excluding carboxylic acids is 2. The van der Waals surface area contributed by atoms with Gasteiger partial charge in [-0.15, -0.1) is 0 Å². The van der Waals surface area contributed by atoms with E-state index in [-0.39, 0.29) is 25.7 Å². The zero-order valence-electron chi connectivity index (χ0n) is 10.3. The van der Waals surface area contributed by atoms with Crippen molar-refractivity contribution in [3.05, 3.63) is 0 Å². The highest BCUT2D eigenvalue weighted by Gasteiger charge is 2.31. The van der Waals surface area contributed by atoms with Gasteiger partial charge < -0.3 is 14.2 Å². The van der Waals surface area contributed by atoms with Gasteiger partial charge in [-0.2, -0.15) is 0 Å². The molecule has 1 unspecified atom stereocenters. The monoisotopic (exact) mass is 232 g/mol. The molecule has 0 aliphatic heterocycles. The van der Waals surface area contributed by atoms with Crippen molar-refractivity contribution in [2.24, 2.45) is 5.92 Å². The van der Waals surface area contributed by atoms with Gasteiger partial charge in [0.25, 0.3) is 0 Å². The zero-order valence-corrected chi connectivity index (χ0v) is 10.3. The average molecular weight is 232 g/mol.